The number of hydrogen-bond donors (Lipinski definition) is 4. The van der Waals surface area contributed by atoms with Gasteiger partial charge in [-0.05, 0) is 37.0 Å². The molecule has 5 N–H and O–H groups in total. The van der Waals surface area contributed by atoms with Gasteiger partial charge in [0.05, 0.1) is 17.5 Å². The molecule has 1 aliphatic carbocycles. The van der Waals surface area contributed by atoms with Gasteiger partial charge in [-0.1, -0.05) is 19.3 Å². The molecule has 0 aromatic heterocycles. The zero-order valence-corrected chi connectivity index (χ0v) is 17.8. The maximum absolute atomic E-state index is 12.9. The highest BCUT2D eigenvalue weighted by molar-refractivity contribution is 7.92. The van der Waals surface area contributed by atoms with E-state index in [1.54, 1.807) is 0 Å². The monoisotopic (exact) mass is 432 g/mol. The number of benzene rings is 1. The summed E-state index contributed by atoms with van der Waals surface area (Å²) in [7, 11) is -3.57. The van der Waals surface area contributed by atoms with Crippen LogP contribution in [0, 0.1) is 5.92 Å². The molecular formula is C18H29ClN4O4S. The lowest BCUT2D eigenvalue weighted by Gasteiger charge is -2.30. The van der Waals surface area contributed by atoms with Crippen LogP contribution < -0.4 is 21.1 Å². The highest BCUT2D eigenvalue weighted by Gasteiger charge is 2.25. The number of sulfonamides is 1. The van der Waals surface area contributed by atoms with Crippen LogP contribution in [0.3, 0.4) is 0 Å². The molecule has 1 atom stereocenters. The summed E-state index contributed by atoms with van der Waals surface area (Å²) < 4.78 is 25.6. The molecule has 1 saturated carbocycles. The van der Waals surface area contributed by atoms with Crippen molar-refractivity contribution in [2.24, 2.45) is 11.7 Å². The molecule has 158 valence electrons. The molecule has 0 heterocycles. The normalized spacial score (nSPS) is 15.8. The van der Waals surface area contributed by atoms with Crippen molar-refractivity contribution >= 4 is 45.6 Å². The zero-order valence-electron chi connectivity index (χ0n) is 16.2. The zero-order chi connectivity index (χ0) is 20.0. The Hall–Kier alpha value is -1.84. The van der Waals surface area contributed by atoms with Gasteiger partial charge in [0.15, 0.2) is 0 Å². The Kier molecular flexibility index (Phi) is 9.19. The maximum atomic E-state index is 12.9. The second-order valence-electron chi connectivity index (χ2n) is 7.03. The SMILES string of the molecule is CC(=O)Nc1ccc(NS(C)(=O)=O)c(C(=O)NC(CN)C2CCCCC2)c1.Cl. The summed E-state index contributed by atoms with van der Waals surface area (Å²) >= 11 is 0. The molecule has 1 aliphatic rings. The number of halogens is 1. The van der Waals surface area contributed by atoms with Crippen molar-refractivity contribution in [2.75, 3.05) is 22.8 Å². The van der Waals surface area contributed by atoms with E-state index < -0.39 is 15.9 Å². The summed E-state index contributed by atoms with van der Waals surface area (Å²) in [6.07, 6.45) is 6.49. The molecule has 28 heavy (non-hydrogen) atoms. The minimum absolute atomic E-state index is 0. The van der Waals surface area contributed by atoms with Crippen LogP contribution in [0.25, 0.3) is 0 Å². The molecule has 2 rings (SSSR count). The van der Waals surface area contributed by atoms with E-state index >= 15 is 0 Å². The number of nitrogens with two attached hydrogens (primary N) is 1. The fourth-order valence-electron chi connectivity index (χ4n) is 3.45. The quantitative estimate of drug-likeness (QED) is 0.524. The van der Waals surface area contributed by atoms with E-state index in [9.17, 15) is 18.0 Å². The Bertz CT molecular complexity index is 795. The number of hydrogen-bond acceptors (Lipinski definition) is 5. The Morgan fingerprint density at radius 2 is 1.86 bits per heavy atom. The van der Waals surface area contributed by atoms with Gasteiger partial charge in [-0.3, -0.25) is 14.3 Å². The second kappa shape index (κ2) is 10.6. The van der Waals surface area contributed by atoms with Crippen LogP contribution in [-0.2, 0) is 14.8 Å². The molecule has 10 heteroatoms. The first-order valence-electron chi connectivity index (χ1n) is 9.10. The fourth-order valence-corrected chi connectivity index (χ4v) is 4.03. The first kappa shape index (κ1) is 24.2. The maximum Gasteiger partial charge on any atom is 0.253 e. The highest BCUT2D eigenvalue weighted by Crippen LogP contribution is 2.27. The molecule has 0 bridgehead atoms. The average molecular weight is 433 g/mol. The van der Waals surface area contributed by atoms with Gasteiger partial charge in [0.2, 0.25) is 15.9 Å². The summed E-state index contributed by atoms with van der Waals surface area (Å²) in [5, 5.41) is 5.55. The Morgan fingerprint density at radius 1 is 1.21 bits per heavy atom. The first-order chi connectivity index (χ1) is 12.7. The number of anilines is 2. The number of carbonyl (C=O) groups is 2. The third-order valence-electron chi connectivity index (χ3n) is 4.67. The van der Waals surface area contributed by atoms with Gasteiger partial charge >= 0.3 is 0 Å². The van der Waals surface area contributed by atoms with Gasteiger partial charge in [0.1, 0.15) is 0 Å². The Balaban J connectivity index is 0.00000392. The second-order valence-corrected chi connectivity index (χ2v) is 8.78. The lowest BCUT2D eigenvalue weighted by Crippen LogP contribution is -2.46. The molecule has 1 unspecified atom stereocenters. The van der Waals surface area contributed by atoms with Crippen LogP contribution in [0.15, 0.2) is 18.2 Å². The molecule has 0 radical (unpaired) electrons. The van der Waals surface area contributed by atoms with Crippen LogP contribution in [-0.4, -0.2) is 39.1 Å². The molecule has 8 nitrogen and oxygen atoms in total. The predicted octanol–water partition coefficient (Wildman–Crippen LogP) is 2.08. The molecule has 1 aromatic carbocycles. The molecule has 0 aliphatic heterocycles. The van der Waals surface area contributed by atoms with Crippen molar-refractivity contribution in [2.45, 2.75) is 45.1 Å². The van der Waals surface area contributed by atoms with Crippen molar-refractivity contribution in [3.8, 4) is 0 Å². The third-order valence-corrected chi connectivity index (χ3v) is 5.26. The van der Waals surface area contributed by atoms with E-state index in [2.05, 4.69) is 15.4 Å². The van der Waals surface area contributed by atoms with Crippen molar-refractivity contribution < 1.29 is 18.0 Å². The lowest BCUT2D eigenvalue weighted by molar-refractivity contribution is -0.114. The topological polar surface area (TPSA) is 130 Å². The molecular weight excluding hydrogens is 404 g/mol. The van der Waals surface area contributed by atoms with Crippen molar-refractivity contribution in [1.82, 2.24) is 5.32 Å². The molecule has 1 aromatic rings. The summed E-state index contributed by atoms with van der Waals surface area (Å²) in [4.78, 5) is 24.2. The van der Waals surface area contributed by atoms with Crippen LogP contribution in [0.2, 0.25) is 0 Å². The standard InChI is InChI=1S/C18H28N4O4S.ClH/c1-12(23)20-14-8-9-16(22-27(2,25)26)15(10-14)18(24)21-17(11-19)13-6-4-3-5-7-13;/h8-10,13,17,22H,3-7,11,19H2,1-2H3,(H,20,23)(H,21,24);1H. The molecule has 0 spiro atoms. The van der Waals surface area contributed by atoms with E-state index in [1.807, 2.05) is 0 Å². The van der Waals surface area contributed by atoms with Gasteiger partial charge in [-0.2, -0.15) is 0 Å². The number of amides is 2. The van der Waals surface area contributed by atoms with Gasteiger partial charge < -0.3 is 16.4 Å². The largest absolute Gasteiger partial charge is 0.348 e. The van der Waals surface area contributed by atoms with E-state index in [0.29, 0.717) is 18.2 Å². The van der Waals surface area contributed by atoms with Gasteiger partial charge in [0.25, 0.3) is 5.91 Å². The fraction of sp³-hybridized carbons (Fsp3) is 0.556. The average Bonchev–Trinajstić information content (AvgIpc) is 2.60. The van der Waals surface area contributed by atoms with Crippen molar-refractivity contribution in [1.29, 1.82) is 0 Å². The minimum atomic E-state index is -3.57. The third kappa shape index (κ3) is 7.29. The minimum Gasteiger partial charge on any atom is -0.348 e. The molecule has 2 amide bonds. The summed E-state index contributed by atoms with van der Waals surface area (Å²) in [5.41, 5.74) is 6.59. The van der Waals surface area contributed by atoms with E-state index in [0.717, 1.165) is 31.9 Å². The Labute approximate surface area is 172 Å². The van der Waals surface area contributed by atoms with E-state index in [-0.39, 0.29) is 35.6 Å². The number of carbonyl (C=O) groups excluding carboxylic acids is 2. The first-order valence-corrected chi connectivity index (χ1v) is 11.0. The number of nitrogens with one attached hydrogen (secondary N) is 3. The smallest absolute Gasteiger partial charge is 0.253 e. The van der Waals surface area contributed by atoms with Crippen LogP contribution in [0.5, 0.6) is 0 Å². The highest BCUT2D eigenvalue weighted by atomic mass is 35.5. The Morgan fingerprint density at radius 3 is 2.39 bits per heavy atom. The van der Waals surface area contributed by atoms with Gasteiger partial charge in [0, 0.05) is 25.2 Å². The summed E-state index contributed by atoms with van der Waals surface area (Å²) in [6.45, 7) is 1.67. The van der Waals surface area contributed by atoms with E-state index in [1.165, 1.54) is 31.5 Å². The lowest BCUT2D eigenvalue weighted by atomic mass is 9.84. The number of rotatable bonds is 7. The van der Waals surface area contributed by atoms with Crippen molar-refractivity contribution in [3.05, 3.63) is 23.8 Å². The predicted molar refractivity (Wildman–Crippen MR) is 113 cm³/mol. The molecule has 0 saturated heterocycles. The van der Waals surface area contributed by atoms with Crippen LogP contribution in [0.1, 0.15) is 49.4 Å². The van der Waals surface area contributed by atoms with Crippen LogP contribution >= 0.6 is 12.4 Å². The van der Waals surface area contributed by atoms with Gasteiger partial charge in [-0.15, -0.1) is 12.4 Å². The van der Waals surface area contributed by atoms with E-state index in [4.69, 9.17) is 5.73 Å². The van der Waals surface area contributed by atoms with Crippen molar-refractivity contribution in [3.63, 3.8) is 0 Å². The van der Waals surface area contributed by atoms with Crippen LogP contribution in [0.4, 0.5) is 11.4 Å². The molecule has 1 fully saturated rings. The summed E-state index contributed by atoms with van der Waals surface area (Å²) in [5.74, 6) is -0.390. The van der Waals surface area contributed by atoms with Gasteiger partial charge in [-0.25, -0.2) is 8.42 Å². The summed E-state index contributed by atoms with van der Waals surface area (Å²) in [6, 6.07) is 4.28.